The lowest BCUT2D eigenvalue weighted by Gasteiger charge is -2.37. The smallest absolute Gasteiger partial charge is 0.160 e. The van der Waals surface area contributed by atoms with Gasteiger partial charge in [0.1, 0.15) is 22.8 Å². The van der Waals surface area contributed by atoms with Crippen LogP contribution in [0.1, 0.15) is 46.9 Å². The van der Waals surface area contributed by atoms with Crippen LogP contribution in [0.5, 0.6) is 23.0 Å². The number of ether oxygens (including phenoxy) is 5. The summed E-state index contributed by atoms with van der Waals surface area (Å²) in [5.41, 5.74) is 6.22. The number of rotatable bonds is 10. The Morgan fingerprint density at radius 2 is 1.78 bits per heavy atom. The molecule has 1 atom stereocenters. The maximum absolute atomic E-state index is 6.54. The van der Waals surface area contributed by atoms with Crippen molar-refractivity contribution in [2.75, 3.05) is 27.9 Å². The quantitative estimate of drug-likeness (QED) is 0.401. The average Bonchev–Trinajstić information content (AvgIpc) is 3.33. The zero-order valence-corrected chi connectivity index (χ0v) is 22.4. The van der Waals surface area contributed by atoms with Gasteiger partial charge < -0.3 is 23.7 Å². The molecule has 0 bridgehead atoms. The molecule has 0 aliphatic carbocycles. The molecule has 0 saturated heterocycles. The topological polar surface area (TPSA) is 76.9 Å². The summed E-state index contributed by atoms with van der Waals surface area (Å²) in [7, 11) is 5.01. The second-order valence-corrected chi connectivity index (χ2v) is 9.67. The molecular formula is C28H37N3O5. The third-order valence-electron chi connectivity index (χ3n) is 7.09. The summed E-state index contributed by atoms with van der Waals surface area (Å²) in [4.78, 5) is 0. The molecule has 194 valence electrons. The number of nitrogens with zero attached hydrogens (tertiary/aromatic N) is 3. The van der Waals surface area contributed by atoms with Gasteiger partial charge in [-0.05, 0) is 81.3 Å². The summed E-state index contributed by atoms with van der Waals surface area (Å²) in [6.45, 7) is 9.99. The normalized spacial score (nSPS) is 16.9. The Balaban J connectivity index is 1.32. The molecule has 8 heteroatoms. The Hall–Kier alpha value is -3.26. The number of hydrogen-bond donors (Lipinski definition) is 0. The van der Waals surface area contributed by atoms with Crippen LogP contribution in [0.3, 0.4) is 0 Å². The molecule has 1 aromatic heterocycles. The first-order chi connectivity index (χ1) is 17.3. The van der Waals surface area contributed by atoms with Crippen LogP contribution < -0.4 is 18.9 Å². The van der Waals surface area contributed by atoms with E-state index in [9.17, 15) is 0 Å². The molecule has 2 heterocycles. The van der Waals surface area contributed by atoms with Gasteiger partial charge >= 0.3 is 0 Å². The molecular weight excluding hydrogens is 458 g/mol. The SMILES string of the molecule is COc1ccc(CCn2cc(COCC3(C)CCc4c(C)c(OC)c(C)c(C)c4O3)nn2)cc1OC. The maximum atomic E-state index is 6.54. The first-order valence-electron chi connectivity index (χ1n) is 12.3. The van der Waals surface area contributed by atoms with Crippen molar-refractivity contribution in [3.05, 3.63) is 57.9 Å². The van der Waals surface area contributed by atoms with E-state index in [2.05, 4.69) is 38.0 Å². The molecule has 3 aromatic rings. The average molecular weight is 496 g/mol. The van der Waals surface area contributed by atoms with Gasteiger partial charge in [0.15, 0.2) is 11.5 Å². The molecule has 0 amide bonds. The van der Waals surface area contributed by atoms with Crippen LogP contribution in [0.15, 0.2) is 24.4 Å². The Labute approximate surface area is 213 Å². The summed E-state index contributed by atoms with van der Waals surface area (Å²) in [6.07, 6.45) is 4.55. The molecule has 8 nitrogen and oxygen atoms in total. The highest BCUT2D eigenvalue weighted by Gasteiger charge is 2.35. The number of methoxy groups -OCH3 is 3. The monoisotopic (exact) mass is 495 g/mol. The van der Waals surface area contributed by atoms with Gasteiger partial charge in [-0.1, -0.05) is 11.3 Å². The molecule has 1 unspecified atom stereocenters. The van der Waals surface area contributed by atoms with E-state index in [-0.39, 0.29) is 0 Å². The molecule has 36 heavy (non-hydrogen) atoms. The lowest BCUT2D eigenvalue weighted by molar-refractivity contribution is -0.0348. The van der Waals surface area contributed by atoms with E-state index >= 15 is 0 Å². The van der Waals surface area contributed by atoms with E-state index in [1.807, 2.05) is 29.1 Å². The van der Waals surface area contributed by atoms with Crippen molar-refractivity contribution in [2.45, 2.75) is 65.7 Å². The van der Waals surface area contributed by atoms with E-state index in [1.165, 1.54) is 11.1 Å². The van der Waals surface area contributed by atoms with Crippen LogP contribution in [0, 0.1) is 20.8 Å². The van der Waals surface area contributed by atoms with Gasteiger partial charge in [-0.3, -0.25) is 4.68 Å². The standard InChI is InChI=1S/C28H37N3O5/c1-18-19(2)27-23(20(3)26(18)34-7)10-12-28(4,36-27)17-35-16-22-15-31(30-29-22)13-11-21-8-9-24(32-5)25(14-21)33-6/h8-9,14-15H,10-13,16-17H2,1-7H3. The Bertz CT molecular complexity index is 1220. The summed E-state index contributed by atoms with van der Waals surface area (Å²) in [5.74, 6) is 3.39. The third kappa shape index (κ3) is 5.28. The molecule has 0 saturated carbocycles. The van der Waals surface area contributed by atoms with Gasteiger partial charge in [-0.2, -0.15) is 0 Å². The second kappa shape index (κ2) is 10.8. The summed E-state index contributed by atoms with van der Waals surface area (Å²) < 4.78 is 30.8. The van der Waals surface area contributed by atoms with Crippen molar-refractivity contribution in [3.63, 3.8) is 0 Å². The minimum absolute atomic E-state index is 0.391. The first-order valence-corrected chi connectivity index (χ1v) is 12.3. The van der Waals surface area contributed by atoms with Crippen molar-refractivity contribution < 1.29 is 23.7 Å². The molecule has 0 radical (unpaired) electrons. The fourth-order valence-electron chi connectivity index (χ4n) is 4.85. The van der Waals surface area contributed by atoms with E-state index < -0.39 is 5.60 Å². The summed E-state index contributed by atoms with van der Waals surface area (Å²) in [5, 5.41) is 8.53. The van der Waals surface area contributed by atoms with Gasteiger partial charge in [-0.15, -0.1) is 5.10 Å². The number of aryl methyl sites for hydroxylation is 2. The highest BCUT2D eigenvalue weighted by molar-refractivity contribution is 5.59. The molecule has 1 aliphatic rings. The first kappa shape index (κ1) is 25.8. The van der Waals surface area contributed by atoms with Crippen molar-refractivity contribution in [1.82, 2.24) is 15.0 Å². The largest absolute Gasteiger partial charge is 0.496 e. The number of hydrogen-bond acceptors (Lipinski definition) is 7. The summed E-state index contributed by atoms with van der Waals surface area (Å²) >= 11 is 0. The van der Waals surface area contributed by atoms with Crippen molar-refractivity contribution >= 4 is 0 Å². The van der Waals surface area contributed by atoms with Gasteiger partial charge in [0.25, 0.3) is 0 Å². The predicted octanol–water partition coefficient (Wildman–Crippen LogP) is 4.77. The maximum Gasteiger partial charge on any atom is 0.160 e. The molecule has 2 aromatic carbocycles. The van der Waals surface area contributed by atoms with Crippen LogP contribution in [0.25, 0.3) is 0 Å². The van der Waals surface area contributed by atoms with Crippen LogP contribution in [-0.2, 0) is 30.7 Å². The van der Waals surface area contributed by atoms with Crippen molar-refractivity contribution in [1.29, 1.82) is 0 Å². The molecule has 0 N–H and O–H groups in total. The number of aromatic nitrogens is 3. The molecule has 0 spiro atoms. The lowest BCUT2D eigenvalue weighted by Crippen LogP contribution is -2.41. The Morgan fingerprint density at radius 3 is 2.50 bits per heavy atom. The van der Waals surface area contributed by atoms with Crippen LogP contribution in [0.4, 0.5) is 0 Å². The molecule has 1 aliphatic heterocycles. The van der Waals surface area contributed by atoms with E-state index in [0.29, 0.717) is 19.8 Å². The zero-order valence-electron chi connectivity index (χ0n) is 22.4. The summed E-state index contributed by atoms with van der Waals surface area (Å²) in [6, 6.07) is 5.94. The van der Waals surface area contributed by atoms with E-state index in [1.54, 1.807) is 21.3 Å². The number of fused-ring (bicyclic) bond motifs is 1. The highest BCUT2D eigenvalue weighted by atomic mass is 16.5. The van der Waals surface area contributed by atoms with E-state index in [0.717, 1.165) is 64.6 Å². The lowest BCUT2D eigenvalue weighted by atomic mass is 9.87. The van der Waals surface area contributed by atoms with Gasteiger partial charge in [0.2, 0.25) is 0 Å². The van der Waals surface area contributed by atoms with Crippen LogP contribution in [-0.4, -0.2) is 48.5 Å². The van der Waals surface area contributed by atoms with Gasteiger partial charge in [0.05, 0.1) is 40.7 Å². The van der Waals surface area contributed by atoms with Crippen LogP contribution >= 0.6 is 0 Å². The second-order valence-electron chi connectivity index (χ2n) is 9.67. The Morgan fingerprint density at radius 1 is 1.00 bits per heavy atom. The minimum atomic E-state index is -0.394. The Kier molecular flexibility index (Phi) is 7.73. The third-order valence-corrected chi connectivity index (χ3v) is 7.09. The van der Waals surface area contributed by atoms with Crippen LogP contribution in [0.2, 0.25) is 0 Å². The van der Waals surface area contributed by atoms with Crippen molar-refractivity contribution in [3.8, 4) is 23.0 Å². The number of benzene rings is 2. The fraction of sp³-hybridized carbons (Fsp3) is 0.500. The van der Waals surface area contributed by atoms with Gasteiger partial charge in [0, 0.05) is 12.1 Å². The molecule has 4 rings (SSSR count). The predicted molar refractivity (Wildman–Crippen MR) is 137 cm³/mol. The highest BCUT2D eigenvalue weighted by Crippen LogP contribution is 2.43. The fourth-order valence-corrected chi connectivity index (χ4v) is 4.85. The van der Waals surface area contributed by atoms with Crippen molar-refractivity contribution in [2.24, 2.45) is 0 Å². The molecule has 0 fully saturated rings. The zero-order chi connectivity index (χ0) is 25.9. The van der Waals surface area contributed by atoms with E-state index in [4.69, 9.17) is 23.7 Å². The van der Waals surface area contributed by atoms with Gasteiger partial charge in [-0.25, -0.2) is 0 Å². The minimum Gasteiger partial charge on any atom is -0.496 e.